The third kappa shape index (κ3) is 4.96. The molecule has 5 atom stereocenters. The number of rotatable bonds is 10. The summed E-state index contributed by atoms with van der Waals surface area (Å²) in [5.41, 5.74) is 1.69. The van der Waals surface area contributed by atoms with Gasteiger partial charge in [0.15, 0.2) is 6.10 Å². The fourth-order valence-electron chi connectivity index (χ4n) is 3.81. The molecule has 0 bridgehead atoms. The summed E-state index contributed by atoms with van der Waals surface area (Å²) in [7, 11) is 1.92. The Balaban J connectivity index is 1.80. The summed E-state index contributed by atoms with van der Waals surface area (Å²) in [6.07, 6.45) is -2.58. The number of ether oxygens (including phenoxy) is 2. The van der Waals surface area contributed by atoms with Crippen LogP contribution in [-0.4, -0.2) is 75.8 Å². The number of carbonyl (C=O) groups excluding carboxylic acids is 1. The number of hydrogen-bond acceptors (Lipinski definition) is 9. The minimum Gasteiger partial charge on any atom is -0.656 e. The Bertz CT molecular complexity index is 932. The standard InChI is InChI=1S/C22H31N2O8/c1-12(7-8-23-2)3-4-13-5-6-15-14(9-13)18(16(10-25)24-15)31-21(29)19-17(27)20(28)22(30,11-26)32-19/h5-6,9,12,17,19-20,23,25-28,30H,3-4,7-8,10-11H2,1-2H3/q-1/t12-,17+,19-,20-,22+/m1/s1. The second-order valence-corrected chi connectivity index (χ2v) is 8.33. The van der Waals surface area contributed by atoms with Crippen molar-refractivity contribution < 1.29 is 39.8 Å². The highest BCUT2D eigenvalue weighted by molar-refractivity contribution is 5.91. The smallest absolute Gasteiger partial charge is 0.343 e. The van der Waals surface area contributed by atoms with Gasteiger partial charge in [-0.25, -0.2) is 4.79 Å². The highest BCUT2D eigenvalue weighted by Gasteiger charge is 2.56. The van der Waals surface area contributed by atoms with E-state index in [9.17, 15) is 30.3 Å². The van der Waals surface area contributed by atoms with Crippen molar-refractivity contribution in [2.75, 3.05) is 20.2 Å². The molecule has 0 saturated carbocycles. The van der Waals surface area contributed by atoms with Crippen molar-refractivity contribution in [1.29, 1.82) is 0 Å². The molecule has 10 nitrogen and oxygen atoms in total. The summed E-state index contributed by atoms with van der Waals surface area (Å²) in [6.45, 7) is 1.63. The lowest BCUT2D eigenvalue weighted by atomic mass is 9.97. The Morgan fingerprint density at radius 1 is 1.31 bits per heavy atom. The summed E-state index contributed by atoms with van der Waals surface area (Å²) in [5.74, 6) is -3.01. The third-order valence-corrected chi connectivity index (χ3v) is 5.87. The Morgan fingerprint density at radius 2 is 2.06 bits per heavy atom. The maximum absolute atomic E-state index is 12.7. The van der Waals surface area contributed by atoms with Crippen LogP contribution in [0.4, 0.5) is 0 Å². The Kier molecular flexibility index (Phi) is 7.88. The second-order valence-electron chi connectivity index (χ2n) is 8.33. The number of aryl methyl sites for hydroxylation is 1. The second kappa shape index (κ2) is 10.3. The molecule has 32 heavy (non-hydrogen) atoms. The van der Waals surface area contributed by atoms with Crippen molar-refractivity contribution in [2.24, 2.45) is 5.92 Å². The van der Waals surface area contributed by atoms with Crippen LogP contribution in [0.5, 0.6) is 5.75 Å². The van der Waals surface area contributed by atoms with E-state index in [1.807, 2.05) is 19.2 Å². The molecule has 1 aliphatic rings. The summed E-state index contributed by atoms with van der Waals surface area (Å²) < 4.78 is 10.4. The molecule has 10 heteroatoms. The van der Waals surface area contributed by atoms with Crippen molar-refractivity contribution in [1.82, 2.24) is 10.3 Å². The summed E-state index contributed by atoms with van der Waals surface area (Å²) >= 11 is 0. The summed E-state index contributed by atoms with van der Waals surface area (Å²) in [6, 6.07) is 5.57. The maximum atomic E-state index is 12.7. The molecule has 1 saturated heterocycles. The lowest BCUT2D eigenvalue weighted by Crippen LogP contribution is -2.46. The van der Waals surface area contributed by atoms with Crippen molar-refractivity contribution in [3.63, 3.8) is 0 Å². The van der Waals surface area contributed by atoms with Gasteiger partial charge in [-0.1, -0.05) is 24.8 Å². The van der Waals surface area contributed by atoms with Crippen molar-refractivity contribution in [3.8, 4) is 5.75 Å². The number of aliphatic hydroxyl groups excluding tert-OH is 4. The molecule has 2 aromatic rings. The van der Waals surface area contributed by atoms with Gasteiger partial charge in [0.1, 0.15) is 18.0 Å². The van der Waals surface area contributed by atoms with Gasteiger partial charge in [0.2, 0.25) is 5.79 Å². The van der Waals surface area contributed by atoms with Gasteiger partial charge in [-0.05, 0) is 50.4 Å². The van der Waals surface area contributed by atoms with Crippen LogP contribution < -0.4 is 15.0 Å². The number of carbonyl (C=O) groups is 1. The molecule has 178 valence electrons. The summed E-state index contributed by atoms with van der Waals surface area (Å²) in [4.78, 5) is 16.9. The molecule has 1 aromatic heterocycles. The molecule has 1 aromatic carbocycles. The fraction of sp³-hybridized carbons (Fsp3) is 0.591. The molecule has 0 unspecified atom stereocenters. The quantitative estimate of drug-likeness (QED) is 0.251. The number of aliphatic hydroxyl groups is 5. The van der Waals surface area contributed by atoms with Crippen LogP contribution in [0.3, 0.4) is 0 Å². The number of esters is 1. The third-order valence-electron chi connectivity index (χ3n) is 5.87. The average molecular weight is 451 g/mol. The van der Waals surface area contributed by atoms with E-state index in [4.69, 9.17) is 9.47 Å². The first-order valence-electron chi connectivity index (χ1n) is 10.7. The van der Waals surface area contributed by atoms with E-state index in [1.54, 1.807) is 6.07 Å². The first kappa shape index (κ1) is 24.6. The Hall–Kier alpha value is -2.05. The maximum Gasteiger partial charge on any atom is 0.343 e. The van der Waals surface area contributed by atoms with E-state index >= 15 is 0 Å². The number of aromatic nitrogens is 1. The minimum atomic E-state index is -2.48. The van der Waals surface area contributed by atoms with Crippen LogP contribution >= 0.6 is 0 Å². The highest BCUT2D eigenvalue weighted by Crippen LogP contribution is 2.34. The van der Waals surface area contributed by atoms with E-state index in [-0.39, 0.29) is 11.4 Å². The van der Waals surface area contributed by atoms with Gasteiger partial charge in [-0.3, -0.25) is 0 Å². The molecule has 0 radical (unpaired) electrons. The van der Waals surface area contributed by atoms with Gasteiger partial charge in [0.05, 0.1) is 13.2 Å². The van der Waals surface area contributed by atoms with Gasteiger partial charge >= 0.3 is 5.97 Å². The topological polar surface area (TPSA) is 163 Å². The van der Waals surface area contributed by atoms with Gasteiger partial charge < -0.3 is 45.3 Å². The van der Waals surface area contributed by atoms with Crippen LogP contribution in [0, 0.1) is 5.92 Å². The van der Waals surface area contributed by atoms with E-state index in [0.29, 0.717) is 16.8 Å². The lowest BCUT2D eigenvalue weighted by molar-refractivity contribution is -0.246. The lowest BCUT2D eigenvalue weighted by Gasteiger charge is -2.22. The van der Waals surface area contributed by atoms with Gasteiger partial charge in [0.25, 0.3) is 0 Å². The SMILES string of the molecule is CNCC[C@H](C)CCc1ccc2[n-]c(CO)c(OC(=O)[C@@H]3O[C@@](O)(CO)[C@H](O)[C@H]3O)c2c1. The number of fused-ring (bicyclic) bond motifs is 1. The summed E-state index contributed by atoms with van der Waals surface area (Å²) in [5, 5.41) is 52.5. The predicted molar refractivity (Wildman–Crippen MR) is 114 cm³/mol. The number of hydrogen-bond donors (Lipinski definition) is 6. The molecule has 2 heterocycles. The highest BCUT2D eigenvalue weighted by atomic mass is 16.7. The van der Waals surface area contributed by atoms with Crippen LogP contribution in [0.15, 0.2) is 18.2 Å². The molecule has 0 aliphatic carbocycles. The molecule has 0 spiro atoms. The minimum absolute atomic E-state index is 0.0299. The average Bonchev–Trinajstić information content (AvgIpc) is 3.26. The van der Waals surface area contributed by atoms with Gasteiger partial charge in [-0.15, -0.1) is 5.52 Å². The molecule has 1 aliphatic heterocycles. The number of benzene rings is 1. The first-order chi connectivity index (χ1) is 15.2. The van der Waals surface area contributed by atoms with Crippen molar-refractivity contribution >= 4 is 16.9 Å². The predicted octanol–water partition coefficient (Wildman–Crippen LogP) is -0.826. The van der Waals surface area contributed by atoms with E-state index in [0.717, 1.165) is 31.4 Å². The van der Waals surface area contributed by atoms with Crippen molar-refractivity contribution in [2.45, 2.75) is 56.9 Å². The van der Waals surface area contributed by atoms with E-state index in [1.165, 1.54) is 0 Å². The molecule has 6 N–H and O–H groups in total. The molecule has 3 rings (SSSR count). The molecule has 1 fully saturated rings. The zero-order valence-electron chi connectivity index (χ0n) is 18.2. The van der Waals surface area contributed by atoms with Crippen LogP contribution in [-0.2, 0) is 22.6 Å². The van der Waals surface area contributed by atoms with Gasteiger partial charge in [0, 0.05) is 5.39 Å². The Labute approximate surface area is 185 Å². The monoisotopic (exact) mass is 451 g/mol. The normalized spacial score (nSPS) is 26.5. The zero-order valence-corrected chi connectivity index (χ0v) is 18.2. The van der Waals surface area contributed by atoms with Crippen LogP contribution in [0.2, 0.25) is 0 Å². The molecule has 0 amide bonds. The fourth-order valence-corrected chi connectivity index (χ4v) is 3.81. The van der Waals surface area contributed by atoms with E-state index in [2.05, 4.69) is 17.2 Å². The van der Waals surface area contributed by atoms with Crippen LogP contribution in [0.25, 0.3) is 10.9 Å². The van der Waals surface area contributed by atoms with E-state index < -0.39 is 43.3 Å². The van der Waals surface area contributed by atoms with Crippen molar-refractivity contribution in [3.05, 3.63) is 29.5 Å². The largest absolute Gasteiger partial charge is 0.656 e. The Morgan fingerprint density at radius 3 is 2.69 bits per heavy atom. The zero-order chi connectivity index (χ0) is 23.5. The van der Waals surface area contributed by atoms with Gasteiger partial charge in [-0.2, -0.15) is 0 Å². The van der Waals surface area contributed by atoms with Crippen LogP contribution in [0.1, 0.15) is 31.0 Å². The molecular weight excluding hydrogens is 420 g/mol. The first-order valence-corrected chi connectivity index (χ1v) is 10.7. The molecular formula is C22H31N2O8-. The number of nitrogens with zero attached hydrogens (tertiary/aromatic N) is 1. The number of nitrogens with one attached hydrogen (secondary N) is 1.